The van der Waals surface area contributed by atoms with Crippen molar-refractivity contribution in [3.63, 3.8) is 0 Å². The van der Waals surface area contributed by atoms with Crippen LogP contribution in [0.1, 0.15) is 31.9 Å². The quantitative estimate of drug-likeness (QED) is 0.735. The average Bonchev–Trinajstić information content (AvgIpc) is 2.38. The van der Waals surface area contributed by atoms with Gasteiger partial charge < -0.3 is 4.74 Å². The van der Waals surface area contributed by atoms with Crippen molar-refractivity contribution in [2.24, 2.45) is 0 Å². The molecule has 0 saturated heterocycles. The van der Waals surface area contributed by atoms with Gasteiger partial charge in [-0.1, -0.05) is 56.7 Å². The molecular formula is C18H22O. The molecule has 0 atom stereocenters. The summed E-state index contributed by atoms with van der Waals surface area (Å²) in [6.07, 6.45) is 0. The van der Waals surface area contributed by atoms with Gasteiger partial charge in [-0.05, 0) is 41.2 Å². The van der Waals surface area contributed by atoms with Crippen LogP contribution in [0, 0.1) is 6.92 Å². The standard InChI is InChI=1S/C18H22O/c1-13-6-8-14(9-7-13)15-10-16(18(2,3)4)12-17(11-15)19-5/h6-12H,1-5H3. The largest absolute Gasteiger partial charge is 0.497 e. The Morgan fingerprint density at radius 1 is 0.842 bits per heavy atom. The number of aryl methyl sites for hydroxylation is 1. The lowest BCUT2D eigenvalue weighted by Crippen LogP contribution is -2.11. The summed E-state index contributed by atoms with van der Waals surface area (Å²) in [5.41, 5.74) is 5.14. The fraction of sp³-hybridized carbons (Fsp3) is 0.333. The Labute approximate surface area is 116 Å². The van der Waals surface area contributed by atoms with E-state index in [0.29, 0.717) is 0 Å². The summed E-state index contributed by atoms with van der Waals surface area (Å²) in [7, 11) is 1.72. The predicted molar refractivity (Wildman–Crippen MR) is 81.9 cm³/mol. The summed E-state index contributed by atoms with van der Waals surface area (Å²) in [5.74, 6) is 0.919. The van der Waals surface area contributed by atoms with Crippen LogP contribution in [0.25, 0.3) is 11.1 Å². The Kier molecular flexibility index (Phi) is 3.66. The highest BCUT2D eigenvalue weighted by Crippen LogP contribution is 2.32. The zero-order chi connectivity index (χ0) is 14.0. The fourth-order valence-corrected chi connectivity index (χ4v) is 2.06. The molecule has 0 heterocycles. The first-order chi connectivity index (χ1) is 8.90. The minimum Gasteiger partial charge on any atom is -0.497 e. The van der Waals surface area contributed by atoms with E-state index in [0.717, 1.165) is 5.75 Å². The van der Waals surface area contributed by atoms with Crippen molar-refractivity contribution in [1.29, 1.82) is 0 Å². The maximum Gasteiger partial charge on any atom is 0.119 e. The summed E-state index contributed by atoms with van der Waals surface area (Å²) in [6.45, 7) is 8.78. The smallest absolute Gasteiger partial charge is 0.119 e. The molecule has 0 fully saturated rings. The number of methoxy groups -OCH3 is 1. The Morgan fingerprint density at radius 2 is 1.47 bits per heavy atom. The van der Waals surface area contributed by atoms with E-state index >= 15 is 0 Å². The number of rotatable bonds is 2. The molecule has 2 aromatic carbocycles. The number of benzene rings is 2. The highest BCUT2D eigenvalue weighted by molar-refractivity contribution is 5.67. The van der Waals surface area contributed by atoms with Gasteiger partial charge in [0.25, 0.3) is 0 Å². The lowest BCUT2D eigenvalue weighted by Gasteiger charge is -2.21. The number of ether oxygens (including phenoxy) is 1. The van der Waals surface area contributed by atoms with Crippen LogP contribution < -0.4 is 4.74 Å². The minimum atomic E-state index is 0.119. The second-order valence-electron chi connectivity index (χ2n) is 6.07. The molecule has 0 radical (unpaired) electrons. The monoisotopic (exact) mass is 254 g/mol. The van der Waals surface area contributed by atoms with E-state index in [4.69, 9.17) is 4.74 Å². The lowest BCUT2D eigenvalue weighted by molar-refractivity contribution is 0.413. The van der Waals surface area contributed by atoms with Gasteiger partial charge in [-0.15, -0.1) is 0 Å². The van der Waals surface area contributed by atoms with Crippen molar-refractivity contribution < 1.29 is 4.74 Å². The Hall–Kier alpha value is -1.76. The van der Waals surface area contributed by atoms with E-state index < -0.39 is 0 Å². The molecule has 0 unspecified atom stereocenters. The first kappa shape index (κ1) is 13.7. The lowest BCUT2D eigenvalue weighted by atomic mass is 9.85. The third-order valence-corrected chi connectivity index (χ3v) is 3.39. The summed E-state index contributed by atoms with van der Waals surface area (Å²) < 4.78 is 5.44. The third kappa shape index (κ3) is 3.17. The Morgan fingerprint density at radius 3 is 2.00 bits per heavy atom. The predicted octanol–water partition coefficient (Wildman–Crippen LogP) is 4.97. The number of hydrogen-bond donors (Lipinski definition) is 0. The Balaban J connectivity index is 2.54. The van der Waals surface area contributed by atoms with Gasteiger partial charge >= 0.3 is 0 Å². The summed E-state index contributed by atoms with van der Waals surface area (Å²) >= 11 is 0. The van der Waals surface area contributed by atoms with E-state index in [2.05, 4.69) is 70.2 Å². The van der Waals surface area contributed by atoms with Gasteiger partial charge in [-0.3, -0.25) is 0 Å². The molecule has 0 spiro atoms. The topological polar surface area (TPSA) is 9.23 Å². The van der Waals surface area contributed by atoms with Gasteiger partial charge in [0.2, 0.25) is 0 Å². The molecular weight excluding hydrogens is 232 g/mol. The molecule has 0 bridgehead atoms. The van der Waals surface area contributed by atoms with Gasteiger partial charge in [-0.25, -0.2) is 0 Å². The van der Waals surface area contributed by atoms with E-state index in [9.17, 15) is 0 Å². The SMILES string of the molecule is COc1cc(-c2ccc(C)cc2)cc(C(C)(C)C)c1. The zero-order valence-electron chi connectivity index (χ0n) is 12.4. The summed E-state index contributed by atoms with van der Waals surface area (Å²) in [4.78, 5) is 0. The molecule has 0 amide bonds. The van der Waals surface area contributed by atoms with Gasteiger partial charge in [0.05, 0.1) is 7.11 Å². The molecule has 1 nitrogen and oxygen atoms in total. The van der Waals surface area contributed by atoms with Crippen LogP contribution in [0.5, 0.6) is 5.75 Å². The summed E-state index contributed by atoms with van der Waals surface area (Å²) in [5, 5.41) is 0. The molecule has 0 N–H and O–H groups in total. The maximum absolute atomic E-state index is 5.44. The van der Waals surface area contributed by atoms with Crippen molar-refractivity contribution in [3.8, 4) is 16.9 Å². The van der Waals surface area contributed by atoms with Crippen molar-refractivity contribution >= 4 is 0 Å². The van der Waals surface area contributed by atoms with Crippen LogP contribution in [0.4, 0.5) is 0 Å². The highest BCUT2D eigenvalue weighted by atomic mass is 16.5. The van der Waals surface area contributed by atoms with Crippen LogP contribution in [0.2, 0.25) is 0 Å². The first-order valence-corrected chi connectivity index (χ1v) is 6.67. The Bertz CT molecular complexity index is 559. The van der Waals surface area contributed by atoms with E-state index in [1.165, 1.54) is 22.3 Å². The van der Waals surface area contributed by atoms with Crippen molar-refractivity contribution in [1.82, 2.24) is 0 Å². The molecule has 0 aliphatic heterocycles. The minimum absolute atomic E-state index is 0.119. The van der Waals surface area contributed by atoms with Crippen molar-refractivity contribution in [2.45, 2.75) is 33.1 Å². The van der Waals surface area contributed by atoms with Crippen molar-refractivity contribution in [2.75, 3.05) is 7.11 Å². The molecule has 2 rings (SSSR count). The zero-order valence-corrected chi connectivity index (χ0v) is 12.4. The summed E-state index contributed by atoms with van der Waals surface area (Å²) in [6, 6.07) is 15.1. The molecule has 0 aliphatic rings. The van der Waals surface area contributed by atoms with Crippen LogP contribution >= 0.6 is 0 Å². The van der Waals surface area contributed by atoms with Gasteiger partial charge in [0.1, 0.15) is 5.75 Å². The highest BCUT2D eigenvalue weighted by Gasteiger charge is 2.16. The molecule has 0 aromatic heterocycles. The molecule has 100 valence electrons. The maximum atomic E-state index is 5.44. The van der Waals surface area contributed by atoms with E-state index in [1.807, 2.05) is 0 Å². The molecule has 19 heavy (non-hydrogen) atoms. The van der Waals surface area contributed by atoms with Crippen LogP contribution in [-0.2, 0) is 5.41 Å². The van der Waals surface area contributed by atoms with Gasteiger partial charge in [-0.2, -0.15) is 0 Å². The van der Waals surface area contributed by atoms with Crippen LogP contribution in [0.15, 0.2) is 42.5 Å². The second-order valence-corrected chi connectivity index (χ2v) is 6.07. The van der Waals surface area contributed by atoms with Crippen molar-refractivity contribution in [3.05, 3.63) is 53.6 Å². The van der Waals surface area contributed by atoms with Gasteiger partial charge in [0, 0.05) is 0 Å². The van der Waals surface area contributed by atoms with E-state index in [1.54, 1.807) is 7.11 Å². The van der Waals surface area contributed by atoms with Crippen LogP contribution in [0.3, 0.4) is 0 Å². The molecule has 0 aliphatic carbocycles. The fourth-order valence-electron chi connectivity index (χ4n) is 2.06. The third-order valence-electron chi connectivity index (χ3n) is 3.39. The first-order valence-electron chi connectivity index (χ1n) is 6.67. The van der Waals surface area contributed by atoms with E-state index in [-0.39, 0.29) is 5.41 Å². The molecule has 1 heteroatoms. The van der Waals surface area contributed by atoms with Crippen LogP contribution in [-0.4, -0.2) is 7.11 Å². The molecule has 2 aromatic rings. The second kappa shape index (κ2) is 5.08. The number of hydrogen-bond acceptors (Lipinski definition) is 1. The average molecular weight is 254 g/mol. The van der Waals surface area contributed by atoms with Gasteiger partial charge in [0.15, 0.2) is 0 Å². The molecule has 0 saturated carbocycles. The normalized spacial score (nSPS) is 11.4.